The zero-order chi connectivity index (χ0) is 36.1. The minimum Gasteiger partial charge on any atom is -0.497 e. The van der Waals surface area contributed by atoms with Gasteiger partial charge in [-0.2, -0.15) is 0 Å². The highest BCUT2D eigenvalue weighted by molar-refractivity contribution is 6.74. The minimum atomic E-state index is -2.00. The second-order valence-electron chi connectivity index (χ2n) is 17.4. The largest absolute Gasteiger partial charge is 0.497 e. The molecule has 1 aromatic carbocycles. The van der Waals surface area contributed by atoms with Gasteiger partial charge in [0.25, 0.3) is 0 Å². The van der Waals surface area contributed by atoms with Gasteiger partial charge in [-0.3, -0.25) is 0 Å². The van der Waals surface area contributed by atoms with Crippen LogP contribution in [-0.2, 0) is 23.1 Å². The molecule has 1 aromatic rings. The lowest BCUT2D eigenvalue weighted by atomic mass is 9.94. The SMILES string of the molecule is COc1ccc(C(=O)O[C@H](CCO[Si](C)(C)C(C)(C)C)C[C@@H]2C[C@@H](CC3=CC[C@H](O)C[C@H](O[Si](C)(C)C(C)(C)C)C3)OC(C)(C)O2)cc1. The number of rotatable bonds is 13. The van der Waals surface area contributed by atoms with Crippen LogP contribution in [-0.4, -0.2) is 77.7 Å². The van der Waals surface area contributed by atoms with Gasteiger partial charge < -0.3 is 32.9 Å². The Bertz CT molecular complexity index is 1210. The summed E-state index contributed by atoms with van der Waals surface area (Å²) in [5, 5.41) is 10.9. The minimum absolute atomic E-state index is 0.0130. The molecule has 0 aromatic heterocycles. The molecule has 1 saturated heterocycles. The van der Waals surface area contributed by atoms with Crippen molar-refractivity contribution in [1.29, 1.82) is 0 Å². The third-order valence-corrected chi connectivity index (χ3v) is 19.8. The Morgan fingerprint density at radius 2 is 1.56 bits per heavy atom. The van der Waals surface area contributed by atoms with Gasteiger partial charge in [-0.25, -0.2) is 4.79 Å². The number of aliphatic hydroxyl groups excluding tert-OH is 1. The van der Waals surface area contributed by atoms with E-state index >= 15 is 0 Å². The third-order valence-electron chi connectivity index (χ3n) is 10.7. The molecule has 48 heavy (non-hydrogen) atoms. The fraction of sp³-hybridized carbons (Fsp3) is 0.763. The zero-order valence-electron chi connectivity index (χ0n) is 32.2. The molecule has 1 aliphatic heterocycles. The molecule has 2 aliphatic rings. The van der Waals surface area contributed by atoms with E-state index in [1.165, 1.54) is 5.57 Å². The number of hydrogen-bond donors (Lipinski definition) is 1. The molecule has 1 heterocycles. The first-order chi connectivity index (χ1) is 22.0. The molecule has 0 saturated carbocycles. The molecule has 0 amide bonds. The summed E-state index contributed by atoms with van der Waals surface area (Å²) < 4.78 is 37.7. The zero-order valence-corrected chi connectivity index (χ0v) is 34.2. The van der Waals surface area contributed by atoms with Gasteiger partial charge in [0.1, 0.15) is 11.9 Å². The number of methoxy groups -OCH3 is 1. The maximum Gasteiger partial charge on any atom is 0.338 e. The fourth-order valence-electron chi connectivity index (χ4n) is 5.92. The monoisotopic (exact) mass is 706 g/mol. The van der Waals surface area contributed by atoms with Crippen LogP contribution in [0.4, 0.5) is 0 Å². The van der Waals surface area contributed by atoms with E-state index in [4.69, 9.17) is 27.8 Å². The molecule has 0 radical (unpaired) electrons. The standard InChI is InChI=1S/C38H66O8Si2/c1-36(2,3)47(10,11)42-21-20-31(43-35(40)28-15-18-30(41-9)19-16-28)25-33-26-32(44-38(7,8)45-33)22-27-14-17-29(39)24-34(23-27)46-48(12,13)37(4,5)6/h14-16,18-19,29,31-34,39H,17,20-26H2,1-13H3/t29-,31+,32+,33+,34+/m0/s1. The number of carbonyl (C=O) groups is 1. The van der Waals surface area contributed by atoms with Gasteiger partial charge in [0.15, 0.2) is 22.4 Å². The van der Waals surface area contributed by atoms with Crippen LogP contribution >= 0.6 is 0 Å². The van der Waals surface area contributed by atoms with Gasteiger partial charge >= 0.3 is 5.97 Å². The number of benzene rings is 1. The van der Waals surface area contributed by atoms with Gasteiger partial charge in [0.05, 0.1) is 37.1 Å². The van der Waals surface area contributed by atoms with Crippen molar-refractivity contribution >= 4 is 22.6 Å². The first-order valence-corrected chi connectivity index (χ1v) is 23.7. The number of ether oxygens (including phenoxy) is 4. The van der Waals surface area contributed by atoms with Gasteiger partial charge in [0, 0.05) is 25.9 Å². The summed E-state index contributed by atoms with van der Waals surface area (Å²) in [6, 6.07) is 7.00. The Hall–Kier alpha value is -1.54. The van der Waals surface area contributed by atoms with E-state index in [-0.39, 0.29) is 34.4 Å². The summed E-state index contributed by atoms with van der Waals surface area (Å²) in [6.07, 6.45) is 5.75. The van der Waals surface area contributed by atoms with E-state index in [2.05, 4.69) is 73.8 Å². The normalized spacial score (nSPS) is 24.8. The van der Waals surface area contributed by atoms with E-state index < -0.39 is 34.6 Å². The highest BCUT2D eigenvalue weighted by Crippen LogP contribution is 2.41. The molecule has 10 heteroatoms. The van der Waals surface area contributed by atoms with E-state index in [0.29, 0.717) is 50.0 Å². The van der Waals surface area contributed by atoms with E-state index in [9.17, 15) is 9.90 Å². The first kappa shape index (κ1) is 40.9. The van der Waals surface area contributed by atoms with Gasteiger partial charge in [-0.1, -0.05) is 53.2 Å². The van der Waals surface area contributed by atoms with Crippen LogP contribution in [0.2, 0.25) is 36.3 Å². The van der Waals surface area contributed by atoms with Crippen LogP contribution in [0.3, 0.4) is 0 Å². The molecule has 3 rings (SSSR count). The highest BCUT2D eigenvalue weighted by atomic mass is 28.4. The summed E-state index contributed by atoms with van der Waals surface area (Å²) in [4.78, 5) is 13.3. The Balaban J connectivity index is 1.74. The quantitative estimate of drug-likeness (QED) is 0.123. The number of esters is 1. The molecule has 0 spiro atoms. The van der Waals surface area contributed by atoms with E-state index in [1.54, 1.807) is 31.4 Å². The van der Waals surface area contributed by atoms with Crippen molar-refractivity contribution in [2.45, 2.75) is 173 Å². The topological polar surface area (TPSA) is 92.7 Å². The van der Waals surface area contributed by atoms with E-state index in [0.717, 1.165) is 12.8 Å². The van der Waals surface area contributed by atoms with Crippen LogP contribution < -0.4 is 4.74 Å². The average Bonchev–Trinajstić information content (AvgIpc) is 3.10. The molecule has 1 fully saturated rings. The van der Waals surface area contributed by atoms with Crippen molar-refractivity contribution in [3.8, 4) is 5.75 Å². The molecule has 0 bridgehead atoms. The third kappa shape index (κ3) is 12.1. The van der Waals surface area contributed by atoms with Gasteiger partial charge in [-0.05, 0) is 100 Å². The number of aliphatic hydroxyl groups is 1. The molecule has 1 N–H and O–H groups in total. The number of carbonyl (C=O) groups excluding carboxylic acids is 1. The average molecular weight is 707 g/mol. The first-order valence-electron chi connectivity index (χ1n) is 17.9. The van der Waals surface area contributed by atoms with E-state index in [1.807, 2.05) is 13.8 Å². The summed E-state index contributed by atoms with van der Waals surface area (Å²) in [5.74, 6) is -0.476. The Labute approximate surface area is 293 Å². The molecule has 5 atom stereocenters. The maximum absolute atomic E-state index is 13.3. The summed E-state index contributed by atoms with van der Waals surface area (Å²) in [7, 11) is -2.37. The predicted molar refractivity (Wildman–Crippen MR) is 198 cm³/mol. The van der Waals surface area contributed by atoms with Gasteiger partial charge in [-0.15, -0.1) is 0 Å². The highest BCUT2D eigenvalue weighted by Gasteiger charge is 2.42. The molecular formula is C38H66O8Si2. The lowest BCUT2D eigenvalue weighted by Crippen LogP contribution is -2.46. The fourth-order valence-corrected chi connectivity index (χ4v) is 8.35. The van der Waals surface area contributed by atoms with Crippen LogP contribution in [0.25, 0.3) is 0 Å². The van der Waals surface area contributed by atoms with Crippen molar-refractivity contribution in [2.24, 2.45) is 0 Å². The lowest BCUT2D eigenvalue weighted by Gasteiger charge is -2.42. The van der Waals surface area contributed by atoms with Crippen LogP contribution in [0.15, 0.2) is 35.9 Å². The van der Waals surface area contributed by atoms with Crippen LogP contribution in [0.5, 0.6) is 5.75 Å². The molecular weight excluding hydrogens is 641 g/mol. The van der Waals surface area contributed by atoms with Gasteiger partial charge in [0.2, 0.25) is 0 Å². The number of hydrogen-bond acceptors (Lipinski definition) is 8. The smallest absolute Gasteiger partial charge is 0.338 e. The summed E-state index contributed by atoms with van der Waals surface area (Å²) in [6.45, 7) is 26.9. The van der Waals surface area contributed by atoms with Crippen molar-refractivity contribution < 1.29 is 37.7 Å². The Morgan fingerprint density at radius 3 is 2.15 bits per heavy atom. The van der Waals surface area contributed by atoms with Crippen molar-refractivity contribution in [1.82, 2.24) is 0 Å². The predicted octanol–water partition coefficient (Wildman–Crippen LogP) is 9.18. The summed E-state index contributed by atoms with van der Waals surface area (Å²) in [5.41, 5.74) is 1.75. The lowest BCUT2D eigenvalue weighted by molar-refractivity contribution is -0.302. The molecule has 1 aliphatic carbocycles. The Kier molecular flexibility index (Phi) is 13.8. The molecule has 8 nitrogen and oxygen atoms in total. The molecule has 274 valence electrons. The Morgan fingerprint density at radius 1 is 0.958 bits per heavy atom. The molecule has 0 unspecified atom stereocenters. The maximum atomic E-state index is 13.3. The van der Waals surface area contributed by atoms with Crippen molar-refractivity contribution in [3.05, 3.63) is 41.5 Å². The van der Waals surface area contributed by atoms with Crippen LogP contribution in [0, 0.1) is 0 Å². The second-order valence-corrected chi connectivity index (χ2v) is 27.0. The second kappa shape index (κ2) is 16.2. The summed E-state index contributed by atoms with van der Waals surface area (Å²) >= 11 is 0. The van der Waals surface area contributed by atoms with Crippen LogP contribution in [0.1, 0.15) is 111 Å². The van der Waals surface area contributed by atoms with Crippen molar-refractivity contribution in [2.75, 3.05) is 13.7 Å². The van der Waals surface area contributed by atoms with Crippen molar-refractivity contribution in [3.63, 3.8) is 0 Å².